The van der Waals surface area contributed by atoms with Gasteiger partial charge in [0.1, 0.15) is 0 Å². The topological polar surface area (TPSA) is 70.8 Å². The summed E-state index contributed by atoms with van der Waals surface area (Å²) >= 11 is 1.63. The summed E-state index contributed by atoms with van der Waals surface area (Å²) < 4.78 is 1.97. The lowest BCUT2D eigenvalue weighted by atomic mass is 10.1. The minimum Gasteiger partial charge on any atom is -0.383 e. The first-order valence-corrected chi connectivity index (χ1v) is 11.5. The number of anilines is 1. The Balaban J connectivity index is 1.55. The summed E-state index contributed by atoms with van der Waals surface area (Å²) in [4.78, 5) is 21.9. The molecule has 32 heavy (non-hydrogen) atoms. The van der Waals surface area contributed by atoms with Crippen molar-refractivity contribution >= 4 is 41.0 Å². The van der Waals surface area contributed by atoms with Crippen LogP contribution in [0.4, 0.5) is 11.4 Å². The lowest BCUT2D eigenvalue weighted by Crippen LogP contribution is -2.23. The summed E-state index contributed by atoms with van der Waals surface area (Å²) in [5.41, 5.74) is 6.92. The number of rotatable bonds is 8. The molecule has 6 nitrogen and oxygen atoms in total. The Kier molecular flexibility index (Phi) is 6.37. The largest absolute Gasteiger partial charge is 0.383 e. The number of carbonyl (C=O) groups excluding carboxylic acids is 1. The molecule has 0 unspecified atom stereocenters. The van der Waals surface area contributed by atoms with Crippen molar-refractivity contribution in [2.75, 3.05) is 11.9 Å². The molecule has 0 atom stereocenters. The first-order valence-electron chi connectivity index (χ1n) is 10.6. The van der Waals surface area contributed by atoms with Gasteiger partial charge in [-0.25, -0.2) is 4.98 Å². The van der Waals surface area contributed by atoms with E-state index in [1.165, 1.54) is 0 Å². The zero-order valence-electron chi connectivity index (χ0n) is 18.6. The van der Waals surface area contributed by atoms with Gasteiger partial charge >= 0.3 is 0 Å². The second-order valence-corrected chi connectivity index (χ2v) is 8.92. The predicted octanol–water partition coefficient (Wildman–Crippen LogP) is 5.70. The molecule has 0 aliphatic heterocycles. The summed E-state index contributed by atoms with van der Waals surface area (Å²) in [6.45, 7) is 11.2. The van der Waals surface area contributed by atoms with E-state index in [2.05, 4.69) is 41.6 Å². The lowest BCUT2D eigenvalue weighted by Gasteiger charge is -2.13. The highest BCUT2D eigenvalue weighted by Gasteiger charge is 2.17. The predicted molar refractivity (Wildman–Crippen MR) is 133 cm³/mol. The van der Waals surface area contributed by atoms with Crippen molar-refractivity contribution in [2.24, 2.45) is 10.9 Å². The molecule has 164 valence electrons. The maximum absolute atomic E-state index is 13.1. The molecule has 0 aliphatic rings. The number of hydrogen-bond acceptors (Lipinski definition) is 5. The van der Waals surface area contributed by atoms with Crippen molar-refractivity contribution in [1.82, 2.24) is 14.7 Å². The molecule has 3 heterocycles. The number of aryl methyl sites for hydroxylation is 1. The van der Waals surface area contributed by atoms with Crippen molar-refractivity contribution in [1.29, 1.82) is 0 Å². The number of pyridine rings is 1. The van der Waals surface area contributed by atoms with Gasteiger partial charge in [0.05, 0.1) is 22.6 Å². The maximum atomic E-state index is 13.1. The Morgan fingerprint density at radius 1 is 1.28 bits per heavy atom. The zero-order valence-corrected chi connectivity index (χ0v) is 19.4. The highest BCUT2D eigenvalue weighted by atomic mass is 32.1. The van der Waals surface area contributed by atoms with Crippen LogP contribution in [0.5, 0.6) is 0 Å². The fourth-order valence-corrected chi connectivity index (χ4v) is 4.24. The smallest absolute Gasteiger partial charge is 0.255 e. The van der Waals surface area contributed by atoms with Crippen molar-refractivity contribution in [3.63, 3.8) is 0 Å². The van der Waals surface area contributed by atoms with E-state index in [9.17, 15) is 4.79 Å². The van der Waals surface area contributed by atoms with Crippen LogP contribution in [0.1, 0.15) is 35.5 Å². The number of carbonyl (C=O) groups is 1. The first kappa shape index (κ1) is 21.8. The van der Waals surface area contributed by atoms with Crippen LogP contribution in [-0.4, -0.2) is 28.6 Å². The number of benzene rings is 1. The van der Waals surface area contributed by atoms with E-state index < -0.39 is 0 Å². The molecule has 0 radical (unpaired) electrons. The van der Waals surface area contributed by atoms with Gasteiger partial charge in [0.25, 0.3) is 5.91 Å². The minimum atomic E-state index is -0.153. The normalized spacial score (nSPS) is 11.1. The van der Waals surface area contributed by atoms with Crippen LogP contribution in [0.2, 0.25) is 0 Å². The molecular formula is C25H27N5OS. The molecule has 4 rings (SSSR count). The Morgan fingerprint density at radius 2 is 2.12 bits per heavy atom. The van der Waals surface area contributed by atoms with Crippen molar-refractivity contribution < 1.29 is 4.79 Å². The van der Waals surface area contributed by atoms with Crippen LogP contribution in [0.25, 0.3) is 16.9 Å². The number of hydrogen-bond donors (Lipinski definition) is 2. The quantitative estimate of drug-likeness (QED) is 0.342. The van der Waals surface area contributed by atoms with Gasteiger partial charge < -0.3 is 15.0 Å². The first-order chi connectivity index (χ1) is 15.5. The number of thiophene rings is 1. The Hall–Kier alpha value is -3.45. The molecule has 1 aromatic carbocycles. The second-order valence-electron chi connectivity index (χ2n) is 8.14. The van der Waals surface area contributed by atoms with Gasteiger partial charge in [0, 0.05) is 35.9 Å². The summed E-state index contributed by atoms with van der Waals surface area (Å²) in [5.74, 6) is 0.355. The highest BCUT2D eigenvalue weighted by molar-refractivity contribution is 7.08. The number of imidazole rings is 1. The highest BCUT2D eigenvalue weighted by Crippen LogP contribution is 2.28. The second kappa shape index (κ2) is 9.36. The zero-order chi connectivity index (χ0) is 22.7. The molecule has 2 N–H and O–H groups in total. The molecule has 1 amide bonds. The summed E-state index contributed by atoms with van der Waals surface area (Å²) in [6, 6.07) is 11.6. The third-order valence-electron chi connectivity index (χ3n) is 5.31. The minimum absolute atomic E-state index is 0.153. The average Bonchev–Trinajstić information content (AvgIpc) is 3.44. The molecule has 0 saturated carbocycles. The van der Waals surface area contributed by atoms with Gasteiger partial charge in [-0.3, -0.25) is 9.79 Å². The molecule has 0 spiro atoms. The average molecular weight is 446 g/mol. The van der Waals surface area contributed by atoms with Crippen molar-refractivity contribution in [2.45, 2.75) is 27.3 Å². The van der Waals surface area contributed by atoms with Gasteiger partial charge in [-0.15, -0.1) is 0 Å². The van der Waals surface area contributed by atoms with Crippen LogP contribution in [0.15, 0.2) is 58.3 Å². The van der Waals surface area contributed by atoms with E-state index >= 15 is 0 Å². The van der Waals surface area contributed by atoms with Crippen LogP contribution in [0, 0.1) is 12.8 Å². The van der Waals surface area contributed by atoms with Crippen LogP contribution in [0.3, 0.4) is 0 Å². The summed E-state index contributed by atoms with van der Waals surface area (Å²) in [6.07, 6.45) is 1.94. The van der Waals surface area contributed by atoms with Gasteiger partial charge in [-0.05, 0) is 60.8 Å². The van der Waals surface area contributed by atoms with Crippen LogP contribution in [-0.2, 0) is 6.54 Å². The molecule has 7 heteroatoms. The number of fused-ring (bicyclic) bond motifs is 1. The summed E-state index contributed by atoms with van der Waals surface area (Å²) in [5, 5.41) is 10.5. The van der Waals surface area contributed by atoms with Crippen molar-refractivity contribution in [3.8, 4) is 11.3 Å². The fourth-order valence-electron chi connectivity index (χ4n) is 3.60. The molecule has 4 aromatic rings. The van der Waals surface area contributed by atoms with Gasteiger partial charge in [-0.1, -0.05) is 19.9 Å². The monoisotopic (exact) mass is 445 g/mol. The van der Waals surface area contributed by atoms with Gasteiger partial charge in [-0.2, -0.15) is 11.3 Å². The van der Waals surface area contributed by atoms with E-state index in [1.807, 2.05) is 59.3 Å². The lowest BCUT2D eigenvalue weighted by molar-refractivity contribution is 0.0952. The molecule has 0 aliphatic carbocycles. The van der Waals surface area contributed by atoms with Gasteiger partial charge in [0.2, 0.25) is 0 Å². The van der Waals surface area contributed by atoms with E-state index in [-0.39, 0.29) is 5.91 Å². The van der Waals surface area contributed by atoms with Crippen LogP contribution >= 0.6 is 11.3 Å². The molecule has 0 bridgehead atoms. The van der Waals surface area contributed by atoms with E-state index in [0.717, 1.165) is 40.4 Å². The van der Waals surface area contributed by atoms with Gasteiger partial charge in [0.15, 0.2) is 5.65 Å². The molecule has 0 fully saturated rings. The SMILES string of the molecule is C=Nc1ccc(CNC(=O)c2cccn3c(C)c(-c4ccsc4)nc23)cc1NCC(C)C. The molecular weight excluding hydrogens is 418 g/mol. The third-order valence-corrected chi connectivity index (χ3v) is 6.00. The van der Waals surface area contributed by atoms with Crippen LogP contribution < -0.4 is 10.6 Å². The number of aliphatic imine (C=N–C) groups is 1. The molecule has 3 aromatic heterocycles. The number of nitrogens with zero attached hydrogens (tertiary/aromatic N) is 3. The number of aromatic nitrogens is 2. The third kappa shape index (κ3) is 4.43. The Bertz CT molecular complexity index is 1260. The van der Waals surface area contributed by atoms with Crippen molar-refractivity contribution in [3.05, 3.63) is 70.2 Å². The molecule has 0 saturated heterocycles. The standard InChI is InChI=1S/C25H27N5OS/c1-16(2)13-27-22-12-18(7-8-21(22)26-4)14-28-25(31)20-6-5-10-30-17(3)23(29-24(20)30)19-9-11-32-15-19/h5-12,15-16,27H,4,13-14H2,1-3H3,(H,28,31). The Labute approximate surface area is 192 Å². The van der Waals surface area contributed by atoms with E-state index in [1.54, 1.807) is 11.3 Å². The number of nitrogens with one attached hydrogen (secondary N) is 2. The summed E-state index contributed by atoms with van der Waals surface area (Å²) in [7, 11) is 0. The van der Waals surface area contributed by atoms with E-state index in [4.69, 9.17) is 4.98 Å². The van der Waals surface area contributed by atoms with E-state index in [0.29, 0.717) is 23.7 Å². The maximum Gasteiger partial charge on any atom is 0.255 e. The number of amides is 1. The Morgan fingerprint density at radius 3 is 2.84 bits per heavy atom. The fraction of sp³-hybridized carbons (Fsp3) is 0.240.